The minimum Gasteiger partial charge on any atom is -0.394 e. The predicted molar refractivity (Wildman–Crippen MR) is 56.3 cm³/mol. The molecule has 1 saturated heterocycles. The van der Waals surface area contributed by atoms with E-state index in [2.05, 4.69) is 0 Å². The highest BCUT2D eigenvalue weighted by Gasteiger charge is 2.34. The van der Waals surface area contributed by atoms with Crippen molar-refractivity contribution in [1.82, 2.24) is 4.31 Å². The van der Waals surface area contributed by atoms with Gasteiger partial charge in [0.15, 0.2) is 0 Å². The van der Waals surface area contributed by atoms with Gasteiger partial charge in [-0.05, 0) is 13.8 Å². The number of ether oxygens (including phenoxy) is 1. The van der Waals surface area contributed by atoms with Crippen molar-refractivity contribution in [1.29, 1.82) is 0 Å². The molecule has 1 rings (SSSR count). The van der Waals surface area contributed by atoms with E-state index in [-0.39, 0.29) is 18.3 Å². The molecule has 1 heterocycles. The van der Waals surface area contributed by atoms with Crippen LogP contribution in [-0.4, -0.2) is 50.8 Å². The Bertz CT molecular complexity index is 220. The Morgan fingerprint density at radius 1 is 1.64 bits per heavy atom. The minimum absolute atomic E-state index is 0.0131. The zero-order chi connectivity index (χ0) is 10.8. The van der Waals surface area contributed by atoms with Crippen LogP contribution in [0, 0.1) is 0 Å². The normalized spacial score (nSPS) is 30.1. The number of hydrogen-bond acceptors (Lipinski definition) is 3. The molecule has 84 valence electrons. The second-order valence-electron chi connectivity index (χ2n) is 4.11. The first-order valence-corrected chi connectivity index (χ1v) is 6.18. The molecule has 1 fully saturated rings. The van der Waals surface area contributed by atoms with Crippen LogP contribution in [0.5, 0.6) is 0 Å². The third-order valence-corrected chi connectivity index (χ3v) is 3.54. The van der Waals surface area contributed by atoms with Crippen LogP contribution in [0.15, 0.2) is 0 Å². The molecule has 1 N–H and O–H groups in total. The third-order valence-electron chi connectivity index (χ3n) is 2.19. The Kier molecular flexibility index (Phi) is 4.06. The van der Waals surface area contributed by atoms with E-state index < -0.39 is 11.0 Å². The van der Waals surface area contributed by atoms with Gasteiger partial charge < -0.3 is 9.84 Å². The Balaban J connectivity index is 2.65. The summed E-state index contributed by atoms with van der Waals surface area (Å²) in [7, 11) is -0.940. The van der Waals surface area contributed by atoms with Gasteiger partial charge in [0.05, 0.1) is 29.3 Å². The maximum atomic E-state index is 11.6. The van der Waals surface area contributed by atoms with E-state index in [1.165, 1.54) is 0 Å². The molecule has 14 heavy (non-hydrogen) atoms. The fourth-order valence-electron chi connectivity index (χ4n) is 1.67. The highest BCUT2D eigenvalue weighted by atomic mass is 32.2. The molecule has 0 amide bonds. The second kappa shape index (κ2) is 4.70. The molecule has 2 unspecified atom stereocenters. The average molecular weight is 221 g/mol. The SMILES string of the molecule is CCS(=O)N1CC(CO)OC(C)(C)C1. The van der Waals surface area contributed by atoms with Crippen LogP contribution in [0.3, 0.4) is 0 Å². The van der Waals surface area contributed by atoms with Gasteiger partial charge in [-0.15, -0.1) is 0 Å². The molecule has 4 nitrogen and oxygen atoms in total. The summed E-state index contributed by atoms with van der Waals surface area (Å²) in [5.74, 6) is 0.619. The smallest absolute Gasteiger partial charge is 0.0950 e. The standard InChI is InChI=1S/C9H19NO3S/c1-4-14(12)10-5-8(6-11)13-9(2,3)7-10/h8,11H,4-7H2,1-3H3. The molecule has 0 radical (unpaired) electrons. The molecule has 1 aliphatic heterocycles. The first kappa shape index (κ1) is 12.1. The van der Waals surface area contributed by atoms with Crippen LogP contribution in [0.2, 0.25) is 0 Å². The van der Waals surface area contributed by atoms with Crippen molar-refractivity contribution < 1.29 is 14.1 Å². The largest absolute Gasteiger partial charge is 0.394 e. The number of morpholine rings is 1. The highest BCUT2D eigenvalue weighted by Crippen LogP contribution is 2.21. The molecule has 0 aromatic heterocycles. The van der Waals surface area contributed by atoms with Gasteiger partial charge in [0.1, 0.15) is 0 Å². The monoisotopic (exact) mass is 221 g/mol. The Labute approximate surface area is 87.8 Å². The number of rotatable bonds is 3. The molecule has 0 aromatic carbocycles. The number of nitrogens with zero attached hydrogens (tertiary/aromatic N) is 1. The summed E-state index contributed by atoms with van der Waals surface area (Å²) < 4.78 is 19.1. The summed E-state index contributed by atoms with van der Waals surface area (Å²) in [5, 5.41) is 9.04. The third kappa shape index (κ3) is 3.02. The predicted octanol–water partition coefficient (Wildman–Crippen LogP) is 0.142. The van der Waals surface area contributed by atoms with Crippen molar-refractivity contribution in [3.05, 3.63) is 0 Å². The van der Waals surface area contributed by atoms with E-state index in [1.54, 1.807) is 0 Å². The highest BCUT2D eigenvalue weighted by molar-refractivity contribution is 7.82. The minimum atomic E-state index is -0.940. The van der Waals surface area contributed by atoms with Gasteiger partial charge in [-0.1, -0.05) is 6.92 Å². The van der Waals surface area contributed by atoms with E-state index in [0.717, 1.165) is 0 Å². The van der Waals surface area contributed by atoms with Crippen LogP contribution >= 0.6 is 0 Å². The van der Waals surface area contributed by atoms with Gasteiger partial charge >= 0.3 is 0 Å². The van der Waals surface area contributed by atoms with Crippen LogP contribution in [0.4, 0.5) is 0 Å². The Morgan fingerprint density at radius 3 is 2.79 bits per heavy atom. The van der Waals surface area contributed by atoms with E-state index >= 15 is 0 Å². The lowest BCUT2D eigenvalue weighted by atomic mass is 10.1. The first-order valence-electron chi connectivity index (χ1n) is 4.90. The lowest BCUT2D eigenvalue weighted by molar-refractivity contribution is -0.130. The molecule has 5 heteroatoms. The van der Waals surface area contributed by atoms with Crippen LogP contribution in [-0.2, 0) is 15.7 Å². The van der Waals surface area contributed by atoms with E-state index in [4.69, 9.17) is 9.84 Å². The summed E-state index contributed by atoms with van der Waals surface area (Å²) in [6.45, 7) is 7.00. The molecule has 1 aliphatic rings. The first-order chi connectivity index (χ1) is 6.48. The van der Waals surface area contributed by atoms with E-state index in [0.29, 0.717) is 18.8 Å². The summed E-state index contributed by atoms with van der Waals surface area (Å²) in [6.07, 6.45) is -0.214. The maximum Gasteiger partial charge on any atom is 0.0950 e. The van der Waals surface area contributed by atoms with Crippen molar-refractivity contribution in [2.75, 3.05) is 25.4 Å². The Morgan fingerprint density at radius 2 is 2.29 bits per heavy atom. The Hall–Kier alpha value is 0.0300. The van der Waals surface area contributed by atoms with Crippen molar-refractivity contribution in [3.8, 4) is 0 Å². The van der Waals surface area contributed by atoms with Crippen molar-refractivity contribution in [3.63, 3.8) is 0 Å². The lowest BCUT2D eigenvalue weighted by Gasteiger charge is -2.41. The summed E-state index contributed by atoms with van der Waals surface area (Å²) in [4.78, 5) is 0. The van der Waals surface area contributed by atoms with Crippen molar-refractivity contribution >= 4 is 11.0 Å². The molecular weight excluding hydrogens is 202 g/mol. The lowest BCUT2D eigenvalue weighted by Crippen LogP contribution is -2.54. The molecular formula is C9H19NO3S. The van der Waals surface area contributed by atoms with Crippen molar-refractivity contribution in [2.45, 2.75) is 32.5 Å². The summed E-state index contributed by atoms with van der Waals surface area (Å²) in [5.41, 5.74) is -0.323. The summed E-state index contributed by atoms with van der Waals surface area (Å²) in [6, 6.07) is 0. The summed E-state index contributed by atoms with van der Waals surface area (Å²) >= 11 is 0. The molecule has 2 atom stereocenters. The zero-order valence-electron chi connectivity index (χ0n) is 9.02. The van der Waals surface area contributed by atoms with Gasteiger partial charge in [0.25, 0.3) is 0 Å². The van der Waals surface area contributed by atoms with Gasteiger partial charge in [-0.2, -0.15) is 0 Å². The van der Waals surface area contributed by atoms with Gasteiger partial charge in [-0.3, -0.25) is 0 Å². The topological polar surface area (TPSA) is 49.8 Å². The van der Waals surface area contributed by atoms with Crippen molar-refractivity contribution in [2.24, 2.45) is 0 Å². The zero-order valence-corrected chi connectivity index (χ0v) is 9.84. The number of aliphatic hydroxyl groups excluding tert-OH is 1. The average Bonchev–Trinajstić information content (AvgIpc) is 2.14. The molecule has 0 bridgehead atoms. The van der Waals surface area contributed by atoms with E-state index in [9.17, 15) is 4.21 Å². The van der Waals surface area contributed by atoms with Crippen LogP contribution < -0.4 is 0 Å². The molecule has 0 spiro atoms. The quantitative estimate of drug-likeness (QED) is 0.737. The van der Waals surface area contributed by atoms with Crippen LogP contribution in [0.1, 0.15) is 20.8 Å². The van der Waals surface area contributed by atoms with Gasteiger partial charge in [-0.25, -0.2) is 8.51 Å². The fourth-order valence-corrected chi connectivity index (χ4v) is 2.83. The fraction of sp³-hybridized carbons (Fsp3) is 1.00. The van der Waals surface area contributed by atoms with Gasteiger partial charge in [0.2, 0.25) is 0 Å². The van der Waals surface area contributed by atoms with Gasteiger partial charge in [0, 0.05) is 18.8 Å². The molecule has 0 aliphatic carbocycles. The second-order valence-corrected chi connectivity index (χ2v) is 5.85. The van der Waals surface area contributed by atoms with Crippen LogP contribution in [0.25, 0.3) is 0 Å². The number of hydrogen-bond donors (Lipinski definition) is 1. The molecule has 0 saturated carbocycles. The maximum absolute atomic E-state index is 11.6. The van der Waals surface area contributed by atoms with E-state index in [1.807, 2.05) is 25.1 Å². The number of aliphatic hydroxyl groups is 1. The molecule has 0 aromatic rings.